The number of aryl methyl sites for hydroxylation is 2. The summed E-state index contributed by atoms with van der Waals surface area (Å²) in [6.45, 7) is 6.94. The number of hydrogen-bond donors (Lipinski definition) is 1. The van der Waals surface area contributed by atoms with Gasteiger partial charge < -0.3 is 10.1 Å². The molecule has 3 heteroatoms. The molecule has 0 saturated heterocycles. The van der Waals surface area contributed by atoms with Gasteiger partial charge in [-0.2, -0.15) is 0 Å². The van der Waals surface area contributed by atoms with Crippen molar-refractivity contribution in [3.8, 4) is 5.75 Å². The molecule has 0 heterocycles. The Kier molecular flexibility index (Phi) is 4.61. The molecule has 0 amide bonds. The summed E-state index contributed by atoms with van der Waals surface area (Å²) in [5, 5.41) is 3.30. The Labute approximate surface area is 119 Å². The smallest absolute Gasteiger partial charge is 0.142 e. The maximum atomic E-state index is 13.5. The van der Waals surface area contributed by atoms with Crippen LogP contribution in [0.1, 0.15) is 23.6 Å². The summed E-state index contributed by atoms with van der Waals surface area (Å²) in [4.78, 5) is 0. The van der Waals surface area contributed by atoms with Gasteiger partial charge in [-0.1, -0.05) is 18.2 Å². The van der Waals surface area contributed by atoms with Crippen molar-refractivity contribution in [1.82, 2.24) is 0 Å². The first-order chi connectivity index (χ1) is 9.60. The van der Waals surface area contributed by atoms with E-state index in [1.807, 2.05) is 38.1 Å². The van der Waals surface area contributed by atoms with Gasteiger partial charge in [-0.3, -0.25) is 0 Å². The Morgan fingerprint density at radius 2 is 1.90 bits per heavy atom. The van der Waals surface area contributed by atoms with Crippen molar-refractivity contribution in [2.24, 2.45) is 0 Å². The first-order valence-electron chi connectivity index (χ1n) is 6.82. The zero-order chi connectivity index (χ0) is 14.5. The molecule has 2 nitrogen and oxygen atoms in total. The van der Waals surface area contributed by atoms with Crippen LogP contribution in [0.3, 0.4) is 0 Å². The number of ether oxygens (including phenoxy) is 1. The highest BCUT2D eigenvalue weighted by Gasteiger charge is 2.04. The van der Waals surface area contributed by atoms with Gasteiger partial charge in [-0.25, -0.2) is 4.39 Å². The third kappa shape index (κ3) is 3.50. The largest absolute Gasteiger partial charge is 0.492 e. The van der Waals surface area contributed by atoms with Gasteiger partial charge in [0.2, 0.25) is 0 Å². The monoisotopic (exact) mass is 273 g/mol. The van der Waals surface area contributed by atoms with Gasteiger partial charge in [-0.15, -0.1) is 0 Å². The number of benzene rings is 2. The van der Waals surface area contributed by atoms with Gasteiger partial charge >= 0.3 is 0 Å². The molecule has 0 aliphatic rings. The van der Waals surface area contributed by atoms with E-state index in [9.17, 15) is 4.39 Å². The van der Waals surface area contributed by atoms with Gasteiger partial charge in [0.25, 0.3) is 0 Å². The van der Waals surface area contributed by atoms with Crippen LogP contribution in [0.4, 0.5) is 10.1 Å². The summed E-state index contributed by atoms with van der Waals surface area (Å²) < 4.78 is 19.1. The average molecular weight is 273 g/mol. The van der Waals surface area contributed by atoms with E-state index in [0.29, 0.717) is 18.7 Å². The maximum absolute atomic E-state index is 13.5. The van der Waals surface area contributed by atoms with E-state index in [4.69, 9.17) is 4.74 Å². The Morgan fingerprint density at radius 1 is 1.10 bits per heavy atom. The summed E-state index contributed by atoms with van der Waals surface area (Å²) in [7, 11) is 0. The van der Waals surface area contributed by atoms with Crippen molar-refractivity contribution in [3.05, 3.63) is 58.9 Å². The van der Waals surface area contributed by atoms with Crippen LogP contribution in [0, 0.1) is 19.7 Å². The zero-order valence-corrected chi connectivity index (χ0v) is 12.2. The van der Waals surface area contributed by atoms with E-state index in [1.54, 1.807) is 19.1 Å². The van der Waals surface area contributed by atoms with E-state index in [-0.39, 0.29) is 5.82 Å². The minimum atomic E-state index is -0.168. The Bertz CT molecular complexity index is 596. The summed E-state index contributed by atoms with van der Waals surface area (Å²) >= 11 is 0. The van der Waals surface area contributed by atoms with E-state index in [2.05, 4.69) is 5.32 Å². The fraction of sp³-hybridized carbons (Fsp3) is 0.294. The summed E-state index contributed by atoms with van der Waals surface area (Å²) in [5.74, 6) is 0.665. The number of halogens is 1. The molecule has 2 rings (SSSR count). The van der Waals surface area contributed by atoms with Crippen molar-refractivity contribution in [2.45, 2.75) is 27.3 Å². The molecule has 0 aromatic heterocycles. The van der Waals surface area contributed by atoms with E-state index >= 15 is 0 Å². The molecule has 0 radical (unpaired) electrons. The molecule has 0 atom stereocenters. The fourth-order valence-corrected chi connectivity index (χ4v) is 1.99. The van der Waals surface area contributed by atoms with E-state index in [1.165, 1.54) is 0 Å². The topological polar surface area (TPSA) is 21.3 Å². The molecule has 0 unspecified atom stereocenters. The summed E-state index contributed by atoms with van der Waals surface area (Å²) in [6.07, 6.45) is 0. The second kappa shape index (κ2) is 6.42. The van der Waals surface area contributed by atoms with Gasteiger partial charge in [0.1, 0.15) is 11.6 Å². The number of nitrogens with one attached hydrogen (secondary N) is 1. The molecule has 2 aromatic rings. The highest BCUT2D eigenvalue weighted by molar-refractivity contribution is 5.57. The molecule has 0 bridgehead atoms. The second-order valence-corrected chi connectivity index (χ2v) is 4.87. The highest BCUT2D eigenvalue weighted by atomic mass is 19.1. The quantitative estimate of drug-likeness (QED) is 0.868. The molecular weight excluding hydrogens is 253 g/mol. The maximum Gasteiger partial charge on any atom is 0.142 e. The molecule has 0 fully saturated rings. The lowest BCUT2D eigenvalue weighted by Gasteiger charge is -2.13. The third-order valence-electron chi connectivity index (χ3n) is 3.16. The van der Waals surface area contributed by atoms with Crippen LogP contribution < -0.4 is 10.1 Å². The lowest BCUT2D eigenvalue weighted by Crippen LogP contribution is -2.03. The number of anilines is 1. The number of hydrogen-bond acceptors (Lipinski definition) is 2. The average Bonchev–Trinajstić information content (AvgIpc) is 2.42. The molecule has 20 heavy (non-hydrogen) atoms. The van der Waals surface area contributed by atoms with E-state index < -0.39 is 0 Å². The Morgan fingerprint density at radius 3 is 2.60 bits per heavy atom. The fourth-order valence-electron chi connectivity index (χ4n) is 1.99. The van der Waals surface area contributed by atoms with Crippen LogP contribution in [-0.4, -0.2) is 6.61 Å². The highest BCUT2D eigenvalue weighted by Crippen LogP contribution is 2.26. The Hall–Kier alpha value is -2.03. The predicted molar refractivity (Wildman–Crippen MR) is 80.8 cm³/mol. The molecule has 106 valence electrons. The molecule has 0 aliphatic carbocycles. The lowest BCUT2D eigenvalue weighted by atomic mass is 10.1. The summed E-state index contributed by atoms with van der Waals surface area (Å²) in [5.41, 5.74) is 3.66. The molecule has 0 saturated carbocycles. The molecule has 0 spiro atoms. The van der Waals surface area contributed by atoms with Gasteiger partial charge in [0.15, 0.2) is 0 Å². The SMILES string of the molecule is CCOc1cc(C)ccc1NCc1ccc(C)c(F)c1. The van der Waals surface area contributed by atoms with Crippen molar-refractivity contribution < 1.29 is 9.13 Å². The first-order valence-corrected chi connectivity index (χ1v) is 6.82. The molecule has 2 aromatic carbocycles. The Balaban J connectivity index is 2.11. The second-order valence-electron chi connectivity index (χ2n) is 4.87. The van der Waals surface area contributed by atoms with Gasteiger partial charge in [0.05, 0.1) is 12.3 Å². The van der Waals surface area contributed by atoms with Crippen molar-refractivity contribution >= 4 is 5.69 Å². The molecule has 0 aliphatic heterocycles. The van der Waals surface area contributed by atoms with Crippen molar-refractivity contribution in [3.63, 3.8) is 0 Å². The number of rotatable bonds is 5. The van der Waals surface area contributed by atoms with Gasteiger partial charge in [-0.05, 0) is 55.7 Å². The van der Waals surface area contributed by atoms with Crippen LogP contribution in [0.25, 0.3) is 0 Å². The lowest BCUT2D eigenvalue weighted by molar-refractivity contribution is 0.341. The predicted octanol–water partition coefficient (Wildman–Crippen LogP) is 4.45. The molecule has 1 N–H and O–H groups in total. The first kappa shape index (κ1) is 14.4. The minimum absolute atomic E-state index is 0.168. The third-order valence-corrected chi connectivity index (χ3v) is 3.16. The van der Waals surface area contributed by atoms with Crippen molar-refractivity contribution in [1.29, 1.82) is 0 Å². The summed E-state index contributed by atoms with van der Waals surface area (Å²) in [6, 6.07) is 11.3. The van der Waals surface area contributed by atoms with E-state index in [0.717, 1.165) is 22.6 Å². The standard InChI is InChI=1S/C17H20FNO/c1-4-20-17-9-12(2)5-8-16(17)19-11-14-7-6-13(3)15(18)10-14/h5-10,19H,4,11H2,1-3H3. The van der Waals surface area contributed by atoms with Crippen LogP contribution in [0.5, 0.6) is 5.75 Å². The normalized spacial score (nSPS) is 10.4. The van der Waals surface area contributed by atoms with Crippen LogP contribution in [-0.2, 0) is 6.54 Å². The van der Waals surface area contributed by atoms with Gasteiger partial charge in [0, 0.05) is 6.54 Å². The minimum Gasteiger partial charge on any atom is -0.492 e. The zero-order valence-electron chi connectivity index (χ0n) is 12.2. The van der Waals surface area contributed by atoms with Crippen LogP contribution >= 0.6 is 0 Å². The van der Waals surface area contributed by atoms with Crippen LogP contribution in [0.15, 0.2) is 36.4 Å². The van der Waals surface area contributed by atoms with Crippen molar-refractivity contribution in [2.75, 3.05) is 11.9 Å². The van der Waals surface area contributed by atoms with Crippen LogP contribution in [0.2, 0.25) is 0 Å². The molecular formula is C17H20FNO.